The fraction of sp³-hybridized carbons (Fsp3) is 0.167. The average molecular weight is 301 g/mol. The first-order valence-electron chi connectivity index (χ1n) is 5.18. The quantitative estimate of drug-likeness (QED) is 0.477. The predicted octanol–water partition coefficient (Wildman–Crippen LogP) is -1.78. The van der Waals surface area contributed by atoms with E-state index in [1.54, 1.807) is 16.7 Å². The van der Waals surface area contributed by atoms with E-state index in [1.165, 1.54) is 0 Å². The van der Waals surface area contributed by atoms with Gasteiger partial charge in [-0.25, -0.2) is 0 Å². The number of aliphatic carboxylic acids is 1. The monoisotopic (exact) mass is 301 g/mol. The molecule has 0 amide bonds. The number of benzene rings is 1. The zero-order valence-corrected chi connectivity index (χ0v) is 14.5. The van der Waals surface area contributed by atoms with E-state index in [-0.39, 0.29) is 62.5 Å². The van der Waals surface area contributed by atoms with Gasteiger partial charge < -0.3 is 14.8 Å². The minimum Gasteiger partial charge on any atom is -0.543 e. The van der Waals surface area contributed by atoms with E-state index in [0.29, 0.717) is 4.99 Å². The van der Waals surface area contributed by atoms with Crippen molar-refractivity contribution >= 4 is 39.8 Å². The van der Waals surface area contributed by atoms with Crippen molar-refractivity contribution in [3.05, 3.63) is 41.6 Å². The number of thioether (sulfide) groups is 1. The van der Waals surface area contributed by atoms with Crippen LogP contribution in [0.4, 0.5) is 0 Å². The topological polar surface area (TPSA) is 43.4 Å². The van der Waals surface area contributed by atoms with Crippen LogP contribution in [0.5, 0.6) is 0 Å². The van der Waals surface area contributed by atoms with Gasteiger partial charge in [-0.15, -0.1) is 0 Å². The van der Waals surface area contributed by atoms with Crippen molar-refractivity contribution in [2.75, 3.05) is 0 Å². The van der Waals surface area contributed by atoms with Crippen molar-refractivity contribution in [2.45, 2.75) is 11.8 Å². The molecule has 1 aromatic rings. The van der Waals surface area contributed by atoms with E-state index in [4.69, 9.17) is 12.2 Å². The summed E-state index contributed by atoms with van der Waals surface area (Å²) in [5.41, 5.74) is 1.14. The molecule has 0 radical (unpaired) electrons. The Hall–Kier alpha value is 0.306. The Morgan fingerprint density at radius 2 is 2.06 bits per heavy atom. The summed E-state index contributed by atoms with van der Waals surface area (Å²) in [4.78, 5) is 14.4. The zero-order valence-electron chi connectivity index (χ0n) is 9.75. The number of hydrogen-bond acceptors (Lipinski definition) is 4. The first-order valence-corrected chi connectivity index (χ1v) is 6.47. The number of carbonyl (C=O) groups is 1. The van der Waals surface area contributed by atoms with Gasteiger partial charge in [-0.1, -0.05) is 54.3 Å². The standard InChI is InChI=1S/C12H9NO2S2.K/c14-12(15)10-11(7-4-2-1-3-5-7)17-9-6-8(16)13(9)10;/h1-5,9H,6H2,(H,14,15);/q;+1/p-1/t9-;/m0./s1. The number of rotatable bonds is 2. The molecule has 0 unspecified atom stereocenters. The van der Waals surface area contributed by atoms with Crippen LogP contribution < -0.4 is 56.5 Å². The molecule has 1 aromatic carbocycles. The van der Waals surface area contributed by atoms with E-state index in [9.17, 15) is 9.90 Å². The van der Waals surface area contributed by atoms with Crippen molar-refractivity contribution in [1.82, 2.24) is 4.90 Å². The maximum atomic E-state index is 11.2. The molecule has 6 heteroatoms. The van der Waals surface area contributed by atoms with Gasteiger partial charge in [0.15, 0.2) is 0 Å². The Labute approximate surface area is 157 Å². The molecule has 0 aliphatic carbocycles. The SMILES string of the molecule is O=C([O-])C1=C(c2ccccc2)S[C@H]2CC(=S)N12.[K+]. The van der Waals surface area contributed by atoms with Gasteiger partial charge in [0.25, 0.3) is 0 Å². The van der Waals surface area contributed by atoms with Gasteiger partial charge in [-0.2, -0.15) is 0 Å². The van der Waals surface area contributed by atoms with Gasteiger partial charge in [-0.3, -0.25) is 0 Å². The van der Waals surface area contributed by atoms with Crippen LogP contribution in [-0.2, 0) is 4.79 Å². The second-order valence-corrected chi connectivity index (χ2v) is 5.53. The molecular weight excluding hydrogens is 293 g/mol. The maximum absolute atomic E-state index is 11.2. The Bertz CT molecular complexity index is 544. The maximum Gasteiger partial charge on any atom is 1.00 e. The smallest absolute Gasteiger partial charge is 0.543 e. The van der Waals surface area contributed by atoms with E-state index in [0.717, 1.165) is 16.9 Å². The fourth-order valence-corrected chi connectivity index (χ4v) is 4.00. The molecule has 1 fully saturated rings. The van der Waals surface area contributed by atoms with Crippen LogP contribution in [0.1, 0.15) is 12.0 Å². The summed E-state index contributed by atoms with van der Waals surface area (Å²) in [6.07, 6.45) is 0.771. The number of carbonyl (C=O) groups excluding carboxylic acids is 1. The van der Waals surface area contributed by atoms with Crippen LogP contribution in [0.25, 0.3) is 4.91 Å². The molecule has 1 saturated heterocycles. The van der Waals surface area contributed by atoms with Crippen molar-refractivity contribution < 1.29 is 61.3 Å². The minimum absolute atomic E-state index is 0. The molecule has 18 heavy (non-hydrogen) atoms. The Balaban J connectivity index is 0.00000120. The molecule has 2 aliphatic heterocycles. The first-order chi connectivity index (χ1) is 8.18. The fourth-order valence-electron chi connectivity index (χ4n) is 2.04. The largest absolute Gasteiger partial charge is 1.00 e. The normalized spacial score (nSPS) is 21.2. The van der Waals surface area contributed by atoms with Crippen molar-refractivity contribution in [1.29, 1.82) is 0 Å². The Morgan fingerprint density at radius 3 is 2.61 bits per heavy atom. The first kappa shape index (κ1) is 14.7. The van der Waals surface area contributed by atoms with Crippen LogP contribution in [0.3, 0.4) is 0 Å². The van der Waals surface area contributed by atoms with Crippen LogP contribution in [0.2, 0.25) is 0 Å². The third-order valence-corrected chi connectivity index (χ3v) is 4.52. The van der Waals surface area contributed by atoms with Gasteiger partial charge >= 0.3 is 51.4 Å². The van der Waals surface area contributed by atoms with Crippen LogP contribution in [0, 0.1) is 0 Å². The molecule has 0 bridgehead atoms. The van der Waals surface area contributed by atoms with Crippen LogP contribution in [-0.4, -0.2) is 21.2 Å². The second kappa shape index (κ2) is 5.74. The number of nitrogens with zero attached hydrogens (tertiary/aromatic N) is 1. The Morgan fingerprint density at radius 1 is 1.39 bits per heavy atom. The Kier molecular flexibility index (Phi) is 4.69. The average Bonchev–Trinajstić information content (AvgIpc) is 2.63. The molecule has 86 valence electrons. The van der Waals surface area contributed by atoms with Crippen molar-refractivity contribution in [3.8, 4) is 0 Å². The van der Waals surface area contributed by atoms with Gasteiger partial charge in [0.2, 0.25) is 0 Å². The van der Waals surface area contributed by atoms with Gasteiger partial charge in [0.1, 0.15) is 0 Å². The molecule has 3 rings (SSSR count). The molecule has 2 aliphatic rings. The minimum atomic E-state index is -1.15. The molecule has 0 aromatic heterocycles. The number of carboxylic acids is 1. The van der Waals surface area contributed by atoms with Crippen molar-refractivity contribution in [3.63, 3.8) is 0 Å². The second-order valence-electron chi connectivity index (χ2n) is 3.87. The van der Waals surface area contributed by atoms with E-state index < -0.39 is 5.97 Å². The third kappa shape index (κ3) is 2.35. The zero-order chi connectivity index (χ0) is 12.0. The van der Waals surface area contributed by atoms with Crippen molar-refractivity contribution in [2.24, 2.45) is 0 Å². The molecule has 0 spiro atoms. The molecule has 3 nitrogen and oxygen atoms in total. The summed E-state index contributed by atoms with van der Waals surface area (Å²) in [7, 11) is 0. The summed E-state index contributed by atoms with van der Waals surface area (Å²) in [5.74, 6) is -1.15. The van der Waals surface area contributed by atoms with Gasteiger partial charge in [0.05, 0.1) is 22.0 Å². The summed E-state index contributed by atoms with van der Waals surface area (Å²) in [5, 5.41) is 11.4. The number of thiocarbonyl (C=S) groups is 1. The van der Waals surface area contributed by atoms with Gasteiger partial charge in [-0.05, 0) is 5.56 Å². The van der Waals surface area contributed by atoms with E-state index in [2.05, 4.69) is 0 Å². The number of hydrogen-bond donors (Lipinski definition) is 0. The summed E-state index contributed by atoms with van der Waals surface area (Å²) >= 11 is 6.66. The van der Waals surface area contributed by atoms with Gasteiger partial charge in [0, 0.05) is 11.3 Å². The predicted molar refractivity (Wildman–Crippen MR) is 68.8 cm³/mol. The molecule has 0 N–H and O–H groups in total. The molecule has 0 saturated carbocycles. The third-order valence-electron chi connectivity index (χ3n) is 2.85. The molecule has 1 atom stereocenters. The molecule has 2 heterocycles. The summed E-state index contributed by atoms with van der Waals surface area (Å²) < 4.78 is 0. The van der Waals surface area contributed by atoms with E-state index >= 15 is 0 Å². The number of fused-ring (bicyclic) bond motifs is 1. The van der Waals surface area contributed by atoms with E-state index in [1.807, 2.05) is 30.3 Å². The van der Waals surface area contributed by atoms with Crippen LogP contribution >= 0.6 is 24.0 Å². The summed E-state index contributed by atoms with van der Waals surface area (Å²) in [6.45, 7) is 0. The number of carboxylic acid groups (broad SMARTS) is 1. The summed E-state index contributed by atoms with van der Waals surface area (Å²) in [6, 6.07) is 9.50. The van der Waals surface area contributed by atoms with Crippen LogP contribution in [0.15, 0.2) is 36.0 Å². The molecular formula is C12H8KNO2S2.